The number of aromatic nitrogens is 2. The molecule has 0 bridgehead atoms. The number of rotatable bonds is 3. The van der Waals surface area contributed by atoms with Gasteiger partial charge in [-0.25, -0.2) is 4.98 Å². The summed E-state index contributed by atoms with van der Waals surface area (Å²) in [4.78, 5) is 32.2. The van der Waals surface area contributed by atoms with Gasteiger partial charge in [-0.2, -0.15) is 13.2 Å². The molecule has 150 valence electrons. The molecule has 29 heavy (non-hydrogen) atoms. The van der Waals surface area contributed by atoms with Crippen molar-refractivity contribution < 1.29 is 18.0 Å². The van der Waals surface area contributed by atoms with Crippen molar-refractivity contribution in [2.45, 2.75) is 33.4 Å². The van der Waals surface area contributed by atoms with Crippen molar-refractivity contribution in [3.63, 3.8) is 0 Å². The second kappa shape index (κ2) is 6.77. The van der Waals surface area contributed by atoms with Gasteiger partial charge in [0.25, 0.3) is 5.56 Å². The van der Waals surface area contributed by atoms with Gasteiger partial charge in [-0.15, -0.1) is 22.7 Å². The molecule has 0 unspecified atom stereocenters. The summed E-state index contributed by atoms with van der Waals surface area (Å²) in [7, 11) is 0. The van der Waals surface area contributed by atoms with Gasteiger partial charge in [0, 0.05) is 27.4 Å². The van der Waals surface area contributed by atoms with E-state index in [1.54, 1.807) is 19.9 Å². The number of halogens is 3. The zero-order valence-corrected chi connectivity index (χ0v) is 17.3. The molecule has 0 N–H and O–H groups in total. The standard InChI is InChI=1S/C20H15F3N2O2S2/c1-9-14(8-12-5-4-6-13(7-12)20(21,22)23)29-19-24-17-16(18(27)25(9)19)15(10(2)26)11(3)28-17/h4-7H,8H2,1-3H3. The summed E-state index contributed by atoms with van der Waals surface area (Å²) in [6.07, 6.45) is -4.15. The Morgan fingerprint density at radius 2 is 1.93 bits per heavy atom. The van der Waals surface area contributed by atoms with E-state index in [9.17, 15) is 22.8 Å². The molecule has 3 heterocycles. The van der Waals surface area contributed by atoms with E-state index in [0.29, 0.717) is 32.0 Å². The van der Waals surface area contributed by atoms with E-state index in [4.69, 9.17) is 0 Å². The van der Waals surface area contributed by atoms with Crippen LogP contribution in [0.25, 0.3) is 15.2 Å². The molecule has 3 aromatic heterocycles. The zero-order valence-electron chi connectivity index (χ0n) is 15.7. The Kier molecular flexibility index (Phi) is 4.62. The first-order valence-electron chi connectivity index (χ1n) is 8.69. The minimum absolute atomic E-state index is 0.190. The molecule has 0 aliphatic carbocycles. The Labute approximate surface area is 171 Å². The number of Topliss-reactive ketones (excluding diaryl/α,β-unsaturated/α-hetero) is 1. The highest BCUT2D eigenvalue weighted by Crippen LogP contribution is 2.33. The number of hydrogen-bond donors (Lipinski definition) is 0. The van der Waals surface area contributed by atoms with Gasteiger partial charge in [0.2, 0.25) is 0 Å². The Hall–Kier alpha value is -2.52. The predicted octanol–water partition coefficient (Wildman–Crippen LogP) is 5.40. The number of carbonyl (C=O) groups is 1. The molecule has 0 fully saturated rings. The van der Waals surface area contributed by atoms with Crippen LogP contribution >= 0.6 is 22.7 Å². The van der Waals surface area contributed by atoms with Crippen LogP contribution in [0.1, 0.15) is 43.9 Å². The summed E-state index contributed by atoms with van der Waals surface area (Å²) in [6.45, 7) is 4.95. The van der Waals surface area contributed by atoms with Crippen molar-refractivity contribution in [2.24, 2.45) is 0 Å². The third kappa shape index (κ3) is 3.28. The second-order valence-electron chi connectivity index (χ2n) is 6.79. The minimum atomic E-state index is -4.41. The molecule has 0 spiro atoms. The molecule has 0 aliphatic heterocycles. The lowest BCUT2D eigenvalue weighted by Gasteiger charge is -2.08. The van der Waals surface area contributed by atoms with Crippen molar-refractivity contribution in [3.8, 4) is 0 Å². The summed E-state index contributed by atoms with van der Waals surface area (Å²) in [5.74, 6) is -0.190. The Morgan fingerprint density at radius 3 is 2.59 bits per heavy atom. The molecular weight excluding hydrogens is 421 g/mol. The summed E-state index contributed by atoms with van der Waals surface area (Å²) in [5.41, 5.74) is 0.501. The number of benzene rings is 1. The molecule has 0 aliphatic rings. The van der Waals surface area contributed by atoms with E-state index in [1.165, 1.54) is 40.1 Å². The van der Waals surface area contributed by atoms with Crippen LogP contribution in [0, 0.1) is 13.8 Å². The Bertz CT molecular complexity index is 1350. The highest BCUT2D eigenvalue weighted by Gasteiger charge is 2.30. The SMILES string of the molecule is CC(=O)c1c(C)sc2nc3sc(Cc4cccc(C(F)(F)F)c4)c(C)n3c(=O)c12. The molecular formula is C20H15F3N2O2S2. The average molecular weight is 436 g/mol. The van der Waals surface area contributed by atoms with E-state index in [1.807, 2.05) is 0 Å². The fraction of sp³-hybridized carbons (Fsp3) is 0.250. The van der Waals surface area contributed by atoms with Gasteiger partial charge in [-0.1, -0.05) is 18.2 Å². The van der Waals surface area contributed by atoms with Gasteiger partial charge in [0.15, 0.2) is 10.7 Å². The van der Waals surface area contributed by atoms with Crippen LogP contribution in [-0.4, -0.2) is 15.2 Å². The first kappa shape index (κ1) is 19.8. The topological polar surface area (TPSA) is 51.4 Å². The van der Waals surface area contributed by atoms with E-state index in [2.05, 4.69) is 4.98 Å². The largest absolute Gasteiger partial charge is 0.416 e. The number of nitrogens with zero attached hydrogens (tertiary/aromatic N) is 2. The number of aryl methyl sites for hydroxylation is 2. The van der Waals surface area contributed by atoms with Crippen LogP contribution < -0.4 is 5.56 Å². The second-order valence-corrected chi connectivity index (χ2v) is 9.06. The van der Waals surface area contributed by atoms with E-state index in [-0.39, 0.29) is 17.8 Å². The summed E-state index contributed by atoms with van der Waals surface area (Å²) in [5, 5.41) is 0.309. The number of thiophene rings is 1. The lowest BCUT2D eigenvalue weighted by atomic mass is 10.1. The van der Waals surface area contributed by atoms with Crippen LogP contribution in [0.5, 0.6) is 0 Å². The number of carbonyl (C=O) groups excluding carboxylic acids is 1. The smallest absolute Gasteiger partial charge is 0.294 e. The molecule has 1 aromatic carbocycles. The maximum atomic E-state index is 13.1. The van der Waals surface area contributed by atoms with Crippen LogP contribution in [0.3, 0.4) is 0 Å². The van der Waals surface area contributed by atoms with Crippen molar-refractivity contribution in [2.75, 3.05) is 0 Å². The van der Waals surface area contributed by atoms with Crippen LogP contribution in [-0.2, 0) is 12.6 Å². The van der Waals surface area contributed by atoms with E-state index < -0.39 is 11.7 Å². The first-order valence-corrected chi connectivity index (χ1v) is 10.3. The Balaban J connectivity index is 1.87. The number of ketones is 1. The van der Waals surface area contributed by atoms with Gasteiger partial charge >= 0.3 is 6.18 Å². The fourth-order valence-corrected chi connectivity index (χ4v) is 5.71. The first-order chi connectivity index (χ1) is 13.6. The number of alkyl halides is 3. The maximum absolute atomic E-state index is 13.1. The van der Waals surface area contributed by atoms with Crippen molar-refractivity contribution in [3.05, 3.63) is 66.8 Å². The zero-order chi connectivity index (χ0) is 21.1. The summed E-state index contributed by atoms with van der Waals surface area (Å²) in [6, 6.07) is 5.16. The third-order valence-corrected chi connectivity index (χ3v) is 6.94. The number of hydrogen-bond acceptors (Lipinski definition) is 5. The highest BCUT2D eigenvalue weighted by molar-refractivity contribution is 7.20. The molecule has 4 nitrogen and oxygen atoms in total. The molecule has 0 saturated carbocycles. The van der Waals surface area contributed by atoms with Crippen molar-refractivity contribution in [1.29, 1.82) is 0 Å². The number of fused-ring (bicyclic) bond motifs is 2. The summed E-state index contributed by atoms with van der Waals surface area (Å²) < 4.78 is 40.4. The lowest BCUT2D eigenvalue weighted by Crippen LogP contribution is -2.16. The molecule has 0 amide bonds. The minimum Gasteiger partial charge on any atom is -0.294 e. The maximum Gasteiger partial charge on any atom is 0.416 e. The van der Waals surface area contributed by atoms with E-state index in [0.717, 1.165) is 21.9 Å². The summed E-state index contributed by atoms with van der Waals surface area (Å²) >= 11 is 2.57. The van der Waals surface area contributed by atoms with Crippen LogP contribution in [0.2, 0.25) is 0 Å². The van der Waals surface area contributed by atoms with Gasteiger partial charge in [-0.3, -0.25) is 14.0 Å². The monoisotopic (exact) mass is 436 g/mol. The van der Waals surface area contributed by atoms with Crippen LogP contribution in [0.15, 0.2) is 29.1 Å². The molecule has 0 saturated heterocycles. The molecule has 4 aromatic rings. The third-order valence-electron chi connectivity index (χ3n) is 4.80. The van der Waals surface area contributed by atoms with E-state index >= 15 is 0 Å². The lowest BCUT2D eigenvalue weighted by molar-refractivity contribution is -0.137. The van der Waals surface area contributed by atoms with Gasteiger partial charge in [0.05, 0.1) is 10.9 Å². The predicted molar refractivity (Wildman–Crippen MR) is 108 cm³/mol. The normalized spacial score (nSPS) is 12.2. The van der Waals surface area contributed by atoms with Crippen molar-refractivity contribution in [1.82, 2.24) is 9.38 Å². The Morgan fingerprint density at radius 1 is 1.21 bits per heavy atom. The highest BCUT2D eigenvalue weighted by atomic mass is 32.1. The molecule has 4 rings (SSSR count). The van der Waals surface area contributed by atoms with Crippen molar-refractivity contribution >= 4 is 43.6 Å². The van der Waals surface area contributed by atoms with Gasteiger partial charge in [0.1, 0.15) is 4.83 Å². The van der Waals surface area contributed by atoms with Crippen LogP contribution in [0.4, 0.5) is 13.2 Å². The van der Waals surface area contributed by atoms with Gasteiger partial charge in [-0.05, 0) is 32.4 Å². The molecule has 0 atom stereocenters. The quantitative estimate of drug-likeness (QED) is 0.404. The molecule has 0 radical (unpaired) electrons. The van der Waals surface area contributed by atoms with Gasteiger partial charge < -0.3 is 0 Å². The molecule has 9 heteroatoms. The number of thiazole rings is 1. The average Bonchev–Trinajstić information content (AvgIpc) is 3.12. The fourth-order valence-electron chi connectivity index (χ4n) is 3.45.